The number of amides is 2. The van der Waals surface area contributed by atoms with Crippen LogP contribution in [-0.2, 0) is 24.6 Å². The third-order valence-corrected chi connectivity index (χ3v) is 5.36. The Labute approximate surface area is 196 Å². The summed E-state index contributed by atoms with van der Waals surface area (Å²) in [6, 6.07) is 2.31. The molecule has 0 saturated carbocycles. The van der Waals surface area contributed by atoms with Gasteiger partial charge in [-0.25, -0.2) is 14.4 Å². The van der Waals surface area contributed by atoms with Crippen LogP contribution in [0.2, 0.25) is 0 Å². The summed E-state index contributed by atoms with van der Waals surface area (Å²) >= 11 is 0. The molecule has 3 atom stereocenters. The van der Waals surface area contributed by atoms with Crippen LogP contribution in [-0.4, -0.2) is 63.6 Å². The second-order valence-corrected chi connectivity index (χ2v) is 10.2. The molecule has 12 heteroatoms. The maximum Gasteiger partial charge on any atom is 0.416 e. The van der Waals surface area contributed by atoms with E-state index in [1.807, 2.05) is 0 Å². The summed E-state index contributed by atoms with van der Waals surface area (Å²) in [4.78, 5) is 51.8. The average molecular weight is 479 g/mol. The molecule has 0 aromatic heterocycles. The van der Waals surface area contributed by atoms with Crippen molar-refractivity contribution in [2.75, 3.05) is 12.0 Å². The van der Waals surface area contributed by atoms with E-state index in [0.29, 0.717) is 0 Å². The van der Waals surface area contributed by atoms with Crippen molar-refractivity contribution >= 4 is 29.5 Å². The van der Waals surface area contributed by atoms with E-state index in [-0.39, 0.29) is 23.4 Å². The third kappa shape index (κ3) is 4.37. The predicted octanol–water partition coefficient (Wildman–Crippen LogP) is 3.05. The molecule has 1 fully saturated rings. The topological polar surface area (TPSA) is 149 Å². The van der Waals surface area contributed by atoms with Crippen molar-refractivity contribution in [2.24, 2.45) is 0 Å². The Morgan fingerprint density at radius 1 is 1.09 bits per heavy atom. The van der Waals surface area contributed by atoms with E-state index >= 15 is 0 Å². The van der Waals surface area contributed by atoms with Crippen molar-refractivity contribution in [1.82, 2.24) is 4.90 Å². The van der Waals surface area contributed by atoms with Gasteiger partial charge in [0.25, 0.3) is 5.69 Å². The van der Waals surface area contributed by atoms with Crippen LogP contribution < -0.4 is 4.90 Å². The van der Waals surface area contributed by atoms with Crippen molar-refractivity contribution in [3.05, 3.63) is 33.9 Å². The zero-order valence-electron chi connectivity index (χ0n) is 20.1. The Morgan fingerprint density at radius 2 is 1.65 bits per heavy atom. The van der Waals surface area contributed by atoms with Gasteiger partial charge >= 0.3 is 18.2 Å². The van der Waals surface area contributed by atoms with Crippen LogP contribution in [0.4, 0.5) is 21.0 Å². The number of nitro benzene ring substituents is 1. The smallest absolute Gasteiger partial charge is 0.416 e. The second kappa shape index (κ2) is 8.12. The maximum atomic E-state index is 13.3. The predicted molar refractivity (Wildman–Crippen MR) is 118 cm³/mol. The van der Waals surface area contributed by atoms with Crippen LogP contribution in [0.1, 0.15) is 53.5 Å². The van der Waals surface area contributed by atoms with Gasteiger partial charge in [-0.3, -0.25) is 19.9 Å². The highest BCUT2D eigenvalue weighted by Gasteiger charge is 2.66. The minimum Gasteiger partial charge on any atom is -0.467 e. The summed E-state index contributed by atoms with van der Waals surface area (Å²) < 4.78 is 15.8. The molecule has 2 heterocycles. The molecule has 1 aromatic carbocycles. The molecule has 1 N–H and O–H groups in total. The molecule has 1 saturated heterocycles. The number of esters is 1. The number of ether oxygens (including phenoxy) is 3. The van der Waals surface area contributed by atoms with Gasteiger partial charge in [0.15, 0.2) is 6.17 Å². The number of nitro groups is 1. The molecular weight excluding hydrogens is 450 g/mol. The van der Waals surface area contributed by atoms with Gasteiger partial charge < -0.3 is 19.3 Å². The molecule has 186 valence electrons. The van der Waals surface area contributed by atoms with Crippen molar-refractivity contribution in [1.29, 1.82) is 0 Å². The molecule has 0 aliphatic carbocycles. The minimum absolute atomic E-state index is 0.00664. The van der Waals surface area contributed by atoms with Crippen molar-refractivity contribution < 1.29 is 38.6 Å². The highest BCUT2D eigenvalue weighted by molar-refractivity contribution is 5.95. The Balaban J connectivity index is 2.23. The standard InChI is InChI=1S/C22H29N3O9/c1-20(2,3)33-18(27)23-14-10-12(25(30)31)8-9-13(14)22(29)11-15(16(26)32-7)24(17(22)23)19(28)34-21(4,5)6/h8-10,15,17,29H,11H2,1-7H3/t15-,17?,22?/m0/s1. The highest BCUT2D eigenvalue weighted by atomic mass is 16.6. The van der Waals surface area contributed by atoms with Crippen LogP contribution in [0.3, 0.4) is 0 Å². The van der Waals surface area contributed by atoms with Crippen molar-refractivity contribution in [2.45, 2.75) is 77.0 Å². The Bertz CT molecular complexity index is 1040. The Hall–Kier alpha value is -3.41. The van der Waals surface area contributed by atoms with E-state index in [1.54, 1.807) is 41.5 Å². The molecule has 2 aliphatic heterocycles. The fraction of sp³-hybridized carbons (Fsp3) is 0.591. The van der Waals surface area contributed by atoms with Gasteiger partial charge in [-0.05, 0) is 47.6 Å². The number of methoxy groups -OCH3 is 1. The lowest BCUT2D eigenvalue weighted by Gasteiger charge is -2.37. The Kier molecular flexibility index (Phi) is 6.02. The summed E-state index contributed by atoms with van der Waals surface area (Å²) in [5.41, 5.74) is -4.07. The van der Waals surface area contributed by atoms with Gasteiger partial charge in [0.2, 0.25) is 0 Å². The second-order valence-electron chi connectivity index (χ2n) is 10.2. The largest absolute Gasteiger partial charge is 0.467 e. The zero-order chi connectivity index (χ0) is 25.8. The monoisotopic (exact) mass is 479 g/mol. The number of non-ortho nitro benzene ring substituents is 1. The SMILES string of the molecule is COC(=O)[C@@H]1CC2(O)c3ccc([N+](=O)[O-])cc3N(C(=O)OC(C)(C)C)C2N1C(=O)OC(C)(C)C. The molecule has 1 aromatic rings. The number of hydrogen-bond donors (Lipinski definition) is 1. The van der Waals surface area contributed by atoms with Crippen LogP contribution in [0.5, 0.6) is 0 Å². The van der Waals surface area contributed by atoms with Gasteiger partial charge in [-0.2, -0.15) is 0 Å². The molecule has 3 rings (SSSR count). The first kappa shape index (κ1) is 25.2. The first-order valence-electron chi connectivity index (χ1n) is 10.6. The van der Waals surface area contributed by atoms with Gasteiger partial charge in [-0.1, -0.05) is 0 Å². The van der Waals surface area contributed by atoms with Crippen molar-refractivity contribution in [3.8, 4) is 0 Å². The first-order valence-corrected chi connectivity index (χ1v) is 10.6. The quantitative estimate of drug-likeness (QED) is 0.292. The first-order chi connectivity index (χ1) is 15.5. The lowest BCUT2D eigenvalue weighted by molar-refractivity contribution is -0.384. The number of likely N-dealkylation sites (tertiary alicyclic amines) is 1. The number of nitrogens with zero attached hydrogens (tertiary/aromatic N) is 3. The number of benzene rings is 1. The third-order valence-electron chi connectivity index (χ3n) is 5.36. The molecule has 2 unspecified atom stereocenters. The summed E-state index contributed by atoms with van der Waals surface area (Å²) in [7, 11) is 1.14. The number of carbonyl (C=O) groups excluding carboxylic acids is 3. The van der Waals surface area contributed by atoms with Gasteiger partial charge in [0.1, 0.15) is 22.8 Å². The fourth-order valence-corrected chi connectivity index (χ4v) is 4.20. The molecule has 0 bridgehead atoms. The van der Waals surface area contributed by atoms with E-state index < -0.39 is 52.1 Å². The van der Waals surface area contributed by atoms with Crippen molar-refractivity contribution in [3.63, 3.8) is 0 Å². The average Bonchev–Trinajstić information content (AvgIpc) is 3.11. The highest BCUT2D eigenvalue weighted by Crippen LogP contribution is 2.54. The maximum absolute atomic E-state index is 13.3. The zero-order valence-corrected chi connectivity index (χ0v) is 20.1. The lowest BCUT2D eigenvalue weighted by Crippen LogP contribution is -2.57. The number of hydrogen-bond acceptors (Lipinski definition) is 9. The number of carbonyl (C=O) groups is 3. The van der Waals surface area contributed by atoms with Gasteiger partial charge in [-0.15, -0.1) is 0 Å². The fourth-order valence-electron chi connectivity index (χ4n) is 4.20. The van der Waals surface area contributed by atoms with Crippen LogP contribution in [0.25, 0.3) is 0 Å². The van der Waals surface area contributed by atoms with Gasteiger partial charge in [0, 0.05) is 24.1 Å². The number of aliphatic hydroxyl groups is 1. The number of fused-ring (bicyclic) bond motifs is 3. The molecule has 0 spiro atoms. The summed E-state index contributed by atoms with van der Waals surface area (Å²) in [5, 5.41) is 23.2. The molecule has 12 nitrogen and oxygen atoms in total. The normalized spacial score (nSPS) is 23.8. The lowest BCUT2D eigenvalue weighted by atomic mass is 9.91. The van der Waals surface area contributed by atoms with Crippen LogP contribution >= 0.6 is 0 Å². The summed E-state index contributed by atoms with van der Waals surface area (Å²) in [6.45, 7) is 9.74. The molecule has 2 amide bonds. The number of anilines is 1. The minimum atomic E-state index is -1.95. The molecule has 34 heavy (non-hydrogen) atoms. The van der Waals surface area contributed by atoms with Gasteiger partial charge in [0.05, 0.1) is 17.7 Å². The molecular formula is C22H29N3O9. The van der Waals surface area contributed by atoms with E-state index in [1.165, 1.54) is 12.1 Å². The summed E-state index contributed by atoms with van der Waals surface area (Å²) in [6.07, 6.45) is -3.74. The molecule has 2 aliphatic rings. The van der Waals surface area contributed by atoms with E-state index in [4.69, 9.17) is 14.2 Å². The Morgan fingerprint density at radius 3 is 2.15 bits per heavy atom. The van der Waals surface area contributed by atoms with E-state index in [0.717, 1.165) is 23.0 Å². The van der Waals surface area contributed by atoms with E-state index in [2.05, 4.69) is 0 Å². The van der Waals surface area contributed by atoms with Crippen LogP contribution in [0.15, 0.2) is 18.2 Å². The number of rotatable bonds is 2. The summed E-state index contributed by atoms with van der Waals surface area (Å²) in [5.74, 6) is -0.818. The van der Waals surface area contributed by atoms with E-state index in [9.17, 15) is 29.6 Å². The molecule has 0 radical (unpaired) electrons. The van der Waals surface area contributed by atoms with Crippen LogP contribution in [0, 0.1) is 10.1 Å².